The number of amides is 2. The molecule has 1 unspecified atom stereocenters. The molecule has 0 bridgehead atoms. The molecule has 0 fully saturated rings. The van der Waals surface area contributed by atoms with Crippen LogP contribution in [0.15, 0.2) is 33.5 Å². The van der Waals surface area contributed by atoms with E-state index in [0.29, 0.717) is 5.56 Å². The quantitative estimate of drug-likeness (QED) is 0.284. The molecule has 1 aromatic carbocycles. The number of hydrogen-bond acceptors (Lipinski definition) is 10. The monoisotopic (exact) mass is 544 g/mol. The lowest BCUT2D eigenvalue weighted by molar-refractivity contribution is -0.161. The first-order chi connectivity index (χ1) is 18.3. The summed E-state index contributed by atoms with van der Waals surface area (Å²) in [6, 6.07) is 5.46. The van der Waals surface area contributed by atoms with Crippen LogP contribution in [0.3, 0.4) is 0 Å². The van der Waals surface area contributed by atoms with Gasteiger partial charge in [-0.05, 0) is 31.5 Å². The summed E-state index contributed by atoms with van der Waals surface area (Å²) in [7, 11) is 1.38. The second-order valence-electron chi connectivity index (χ2n) is 9.06. The first kappa shape index (κ1) is 28.9. The molecule has 0 spiro atoms. The maximum absolute atomic E-state index is 13.5. The molecular formula is C25H29FN6O7. The lowest BCUT2D eigenvalue weighted by atomic mass is 10.0. The number of aromatic nitrogens is 4. The SMILES string of the molecule is CCC(OC(C)=O)Oc1c(C(=O)NCc2ccc(F)cc2)nc(C(C)(C)NC(=O)c2nnc(C)o2)n(C)c1=O. The molecule has 2 N–H and O–H groups in total. The predicted octanol–water partition coefficient (Wildman–Crippen LogP) is 1.88. The van der Waals surface area contributed by atoms with Crippen molar-refractivity contribution in [1.29, 1.82) is 0 Å². The zero-order valence-corrected chi connectivity index (χ0v) is 22.3. The van der Waals surface area contributed by atoms with Gasteiger partial charge in [-0.25, -0.2) is 9.37 Å². The summed E-state index contributed by atoms with van der Waals surface area (Å²) in [5.41, 5.74) is -1.91. The molecule has 0 saturated heterocycles. The molecule has 14 heteroatoms. The summed E-state index contributed by atoms with van der Waals surface area (Å²) < 4.78 is 30.3. The number of ether oxygens (including phenoxy) is 2. The molecule has 0 radical (unpaired) electrons. The average Bonchev–Trinajstić information content (AvgIpc) is 3.31. The minimum atomic E-state index is -1.32. The Morgan fingerprint density at radius 3 is 2.38 bits per heavy atom. The Labute approximate surface area is 222 Å². The first-order valence-corrected chi connectivity index (χ1v) is 11.9. The van der Waals surface area contributed by atoms with Gasteiger partial charge in [-0.15, -0.1) is 10.2 Å². The Hall–Kier alpha value is -4.62. The molecule has 3 rings (SSSR count). The molecule has 3 aromatic rings. The number of nitrogens with zero attached hydrogens (tertiary/aromatic N) is 4. The van der Waals surface area contributed by atoms with Crippen molar-refractivity contribution in [1.82, 2.24) is 30.4 Å². The maximum Gasteiger partial charge on any atom is 0.309 e. The fourth-order valence-corrected chi connectivity index (χ4v) is 3.56. The van der Waals surface area contributed by atoms with Crippen molar-refractivity contribution in [3.05, 3.63) is 69.3 Å². The van der Waals surface area contributed by atoms with Crippen LogP contribution in [0.1, 0.15) is 72.6 Å². The highest BCUT2D eigenvalue weighted by Gasteiger charge is 2.34. The third-order valence-electron chi connectivity index (χ3n) is 5.42. The molecule has 2 aromatic heterocycles. The molecule has 2 heterocycles. The third-order valence-corrected chi connectivity index (χ3v) is 5.42. The number of benzene rings is 1. The van der Waals surface area contributed by atoms with Crippen LogP contribution in [0.4, 0.5) is 4.39 Å². The number of carbonyl (C=O) groups is 3. The molecule has 2 amide bonds. The highest BCUT2D eigenvalue weighted by molar-refractivity contribution is 5.95. The van der Waals surface area contributed by atoms with Crippen LogP contribution in [0, 0.1) is 12.7 Å². The van der Waals surface area contributed by atoms with Gasteiger partial charge in [0.25, 0.3) is 11.5 Å². The van der Waals surface area contributed by atoms with Crippen LogP contribution in [-0.4, -0.2) is 43.8 Å². The van der Waals surface area contributed by atoms with Crippen LogP contribution in [0.5, 0.6) is 5.75 Å². The van der Waals surface area contributed by atoms with Crippen molar-refractivity contribution in [2.75, 3.05) is 0 Å². The molecule has 39 heavy (non-hydrogen) atoms. The minimum absolute atomic E-state index is 0.00287. The van der Waals surface area contributed by atoms with E-state index in [4.69, 9.17) is 13.9 Å². The van der Waals surface area contributed by atoms with E-state index >= 15 is 0 Å². The summed E-state index contributed by atoms with van der Waals surface area (Å²) in [5.74, 6) is -3.17. The Morgan fingerprint density at radius 2 is 1.82 bits per heavy atom. The molecule has 13 nitrogen and oxygen atoms in total. The van der Waals surface area contributed by atoms with Crippen molar-refractivity contribution in [3.63, 3.8) is 0 Å². The molecular weight excluding hydrogens is 515 g/mol. The van der Waals surface area contributed by atoms with Gasteiger partial charge in [0.1, 0.15) is 11.6 Å². The fraction of sp³-hybridized carbons (Fsp3) is 0.400. The fourth-order valence-electron chi connectivity index (χ4n) is 3.56. The number of aryl methyl sites for hydroxylation is 1. The van der Waals surface area contributed by atoms with Gasteiger partial charge < -0.3 is 24.5 Å². The van der Waals surface area contributed by atoms with Gasteiger partial charge in [0.15, 0.2) is 5.69 Å². The van der Waals surface area contributed by atoms with Gasteiger partial charge in [-0.3, -0.25) is 23.7 Å². The van der Waals surface area contributed by atoms with Gasteiger partial charge in [0.05, 0.1) is 5.54 Å². The number of carbonyl (C=O) groups excluding carboxylic acids is 3. The highest BCUT2D eigenvalue weighted by atomic mass is 19.1. The van der Waals surface area contributed by atoms with E-state index in [1.54, 1.807) is 20.8 Å². The summed E-state index contributed by atoms with van der Waals surface area (Å²) in [6.07, 6.45) is -0.994. The number of halogens is 1. The van der Waals surface area contributed by atoms with Crippen molar-refractivity contribution in [2.24, 2.45) is 7.05 Å². The number of nitrogens with one attached hydrogen (secondary N) is 2. The lowest BCUT2D eigenvalue weighted by Crippen LogP contribution is -2.46. The Balaban J connectivity index is 2.02. The Kier molecular flexibility index (Phi) is 8.78. The number of hydrogen-bond donors (Lipinski definition) is 2. The van der Waals surface area contributed by atoms with Crippen molar-refractivity contribution >= 4 is 17.8 Å². The van der Waals surface area contributed by atoms with Gasteiger partial charge in [-0.2, -0.15) is 0 Å². The highest BCUT2D eigenvalue weighted by Crippen LogP contribution is 2.22. The third kappa shape index (κ3) is 7.03. The first-order valence-electron chi connectivity index (χ1n) is 11.9. The standard InChI is InChI=1S/C25H29FN6O7/c1-7-17(38-14(3)33)39-19-18(20(34)27-12-15-8-10-16(26)11-9-15)28-24(32(6)23(19)36)25(4,5)29-21(35)22-31-30-13(2)37-22/h8-11,17H,7,12H2,1-6H3,(H,27,34)(H,29,35). The molecule has 0 aliphatic carbocycles. The average molecular weight is 545 g/mol. The summed E-state index contributed by atoms with van der Waals surface area (Å²) in [5, 5.41) is 12.6. The molecule has 0 saturated carbocycles. The van der Waals surface area contributed by atoms with E-state index in [-0.39, 0.29) is 30.6 Å². The molecule has 1 atom stereocenters. The number of rotatable bonds is 10. The van der Waals surface area contributed by atoms with Crippen LogP contribution in [0.2, 0.25) is 0 Å². The normalized spacial score (nSPS) is 12.0. The Bertz CT molecular complexity index is 1430. The van der Waals surface area contributed by atoms with Crippen molar-refractivity contribution < 1.29 is 32.7 Å². The van der Waals surface area contributed by atoms with Crippen molar-refractivity contribution in [2.45, 2.75) is 59.4 Å². The van der Waals surface area contributed by atoms with E-state index in [9.17, 15) is 23.6 Å². The zero-order valence-electron chi connectivity index (χ0n) is 22.3. The van der Waals surface area contributed by atoms with Crippen LogP contribution in [0.25, 0.3) is 0 Å². The van der Waals surface area contributed by atoms with Crippen LogP contribution >= 0.6 is 0 Å². The molecule has 208 valence electrons. The van der Waals surface area contributed by atoms with E-state index in [1.807, 2.05) is 0 Å². The molecule has 0 aliphatic rings. The van der Waals surface area contributed by atoms with E-state index in [1.165, 1.54) is 45.2 Å². The summed E-state index contributed by atoms with van der Waals surface area (Å²) in [4.78, 5) is 55.3. The van der Waals surface area contributed by atoms with Crippen molar-refractivity contribution in [3.8, 4) is 5.75 Å². The van der Waals surface area contributed by atoms with E-state index < -0.39 is 52.4 Å². The predicted molar refractivity (Wildman–Crippen MR) is 133 cm³/mol. The minimum Gasteiger partial charge on any atom is -0.446 e. The van der Waals surface area contributed by atoms with E-state index in [0.717, 1.165) is 4.57 Å². The largest absolute Gasteiger partial charge is 0.446 e. The Morgan fingerprint density at radius 1 is 1.15 bits per heavy atom. The van der Waals surface area contributed by atoms with Gasteiger partial charge in [0, 0.05) is 33.9 Å². The maximum atomic E-state index is 13.5. The lowest BCUT2D eigenvalue weighted by Gasteiger charge is -2.28. The zero-order chi connectivity index (χ0) is 28.9. The van der Waals surface area contributed by atoms with Gasteiger partial charge in [0.2, 0.25) is 17.9 Å². The van der Waals surface area contributed by atoms with Crippen LogP contribution in [-0.2, 0) is 28.7 Å². The number of esters is 1. The second-order valence-corrected chi connectivity index (χ2v) is 9.06. The topological polar surface area (TPSA) is 168 Å². The van der Waals surface area contributed by atoms with Gasteiger partial charge >= 0.3 is 17.8 Å². The van der Waals surface area contributed by atoms with E-state index in [2.05, 4.69) is 25.8 Å². The summed E-state index contributed by atoms with van der Waals surface area (Å²) >= 11 is 0. The van der Waals surface area contributed by atoms with Gasteiger partial charge in [-0.1, -0.05) is 19.1 Å². The second kappa shape index (κ2) is 11.8. The molecule has 0 aliphatic heterocycles. The van der Waals surface area contributed by atoms with Crippen LogP contribution < -0.4 is 20.9 Å². The summed E-state index contributed by atoms with van der Waals surface area (Å²) in [6.45, 7) is 7.47. The smallest absolute Gasteiger partial charge is 0.309 e.